The fourth-order valence-electron chi connectivity index (χ4n) is 2.06. The Morgan fingerprint density at radius 2 is 2.22 bits per heavy atom. The SMILES string of the molecule is CCNC(=NCc1nc(C)c(C)o1)N(C)CCc1cccs1.I. The molecule has 0 aliphatic carbocycles. The predicted molar refractivity (Wildman–Crippen MR) is 107 cm³/mol. The van der Waals surface area contributed by atoms with Gasteiger partial charge in [0.25, 0.3) is 0 Å². The van der Waals surface area contributed by atoms with E-state index in [-0.39, 0.29) is 24.0 Å². The van der Waals surface area contributed by atoms with Crippen LogP contribution in [0.5, 0.6) is 0 Å². The quantitative estimate of drug-likeness (QED) is 0.417. The summed E-state index contributed by atoms with van der Waals surface area (Å²) in [6.07, 6.45) is 1.02. The van der Waals surface area contributed by atoms with Crippen LogP contribution in [-0.4, -0.2) is 36.0 Å². The van der Waals surface area contributed by atoms with Gasteiger partial charge in [0.15, 0.2) is 5.96 Å². The Labute approximate surface area is 159 Å². The van der Waals surface area contributed by atoms with E-state index in [9.17, 15) is 0 Å². The molecule has 0 fully saturated rings. The second-order valence-electron chi connectivity index (χ2n) is 5.17. The molecule has 2 aromatic rings. The molecule has 128 valence electrons. The van der Waals surface area contributed by atoms with E-state index < -0.39 is 0 Å². The van der Waals surface area contributed by atoms with E-state index in [1.54, 1.807) is 11.3 Å². The van der Waals surface area contributed by atoms with Crippen LogP contribution in [0.3, 0.4) is 0 Å². The number of oxazole rings is 1. The molecule has 1 N–H and O–H groups in total. The first-order valence-electron chi connectivity index (χ1n) is 7.55. The standard InChI is InChI=1S/C16H24N4OS.HI/c1-5-17-16(18-11-15-19-12(2)13(3)21-15)20(4)9-8-14-7-6-10-22-14;/h6-7,10H,5,8-9,11H2,1-4H3,(H,17,18);1H. The number of rotatable bonds is 6. The largest absolute Gasteiger partial charge is 0.444 e. The van der Waals surface area contributed by atoms with Crippen LogP contribution < -0.4 is 5.32 Å². The molecule has 0 saturated carbocycles. The van der Waals surface area contributed by atoms with Gasteiger partial charge in [-0.25, -0.2) is 9.98 Å². The lowest BCUT2D eigenvalue weighted by atomic mass is 10.3. The van der Waals surface area contributed by atoms with Crippen molar-refractivity contribution in [2.75, 3.05) is 20.1 Å². The summed E-state index contributed by atoms with van der Waals surface area (Å²) >= 11 is 1.79. The number of nitrogens with one attached hydrogen (secondary N) is 1. The number of nitrogens with zero attached hydrogens (tertiary/aromatic N) is 3. The van der Waals surface area contributed by atoms with Crippen molar-refractivity contribution in [2.24, 2.45) is 4.99 Å². The summed E-state index contributed by atoms with van der Waals surface area (Å²) < 4.78 is 5.58. The summed E-state index contributed by atoms with van der Waals surface area (Å²) in [5.41, 5.74) is 0.932. The summed E-state index contributed by atoms with van der Waals surface area (Å²) in [7, 11) is 2.06. The normalized spacial score (nSPS) is 11.2. The van der Waals surface area contributed by atoms with Crippen molar-refractivity contribution >= 4 is 41.3 Å². The lowest BCUT2D eigenvalue weighted by Gasteiger charge is -2.21. The molecule has 2 rings (SSSR count). The molecule has 0 aliphatic rings. The molecular formula is C16H25IN4OS. The fraction of sp³-hybridized carbons (Fsp3) is 0.500. The third-order valence-corrected chi connectivity index (χ3v) is 4.34. The zero-order chi connectivity index (χ0) is 15.9. The van der Waals surface area contributed by atoms with Crippen LogP contribution in [0.25, 0.3) is 0 Å². The lowest BCUT2D eigenvalue weighted by Crippen LogP contribution is -2.39. The minimum atomic E-state index is 0. The maximum Gasteiger partial charge on any atom is 0.216 e. The topological polar surface area (TPSA) is 53.7 Å². The molecule has 23 heavy (non-hydrogen) atoms. The van der Waals surface area contributed by atoms with Gasteiger partial charge < -0.3 is 14.6 Å². The molecule has 0 spiro atoms. The number of hydrogen-bond acceptors (Lipinski definition) is 4. The summed E-state index contributed by atoms with van der Waals surface area (Å²) in [5, 5.41) is 5.43. The second-order valence-corrected chi connectivity index (χ2v) is 6.20. The maximum absolute atomic E-state index is 5.58. The highest BCUT2D eigenvalue weighted by atomic mass is 127. The first-order chi connectivity index (χ1) is 10.6. The van der Waals surface area contributed by atoms with Crippen molar-refractivity contribution in [2.45, 2.75) is 33.7 Å². The van der Waals surface area contributed by atoms with Gasteiger partial charge in [-0.15, -0.1) is 35.3 Å². The van der Waals surface area contributed by atoms with Crippen molar-refractivity contribution in [3.63, 3.8) is 0 Å². The molecule has 0 radical (unpaired) electrons. The van der Waals surface area contributed by atoms with Crippen LogP contribution in [0, 0.1) is 13.8 Å². The molecule has 0 amide bonds. The Bertz CT molecular complexity index is 590. The number of guanidine groups is 1. The van der Waals surface area contributed by atoms with Crippen LogP contribution >= 0.6 is 35.3 Å². The summed E-state index contributed by atoms with van der Waals surface area (Å²) in [5.74, 6) is 2.41. The highest BCUT2D eigenvalue weighted by molar-refractivity contribution is 14.0. The van der Waals surface area contributed by atoms with Gasteiger partial charge in [0.1, 0.15) is 12.3 Å². The van der Waals surface area contributed by atoms with Crippen LogP contribution in [0.4, 0.5) is 0 Å². The molecule has 0 aromatic carbocycles. The Morgan fingerprint density at radius 1 is 1.43 bits per heavy atom. The molecule has 2 aromatic heterocycles. The highest BCUT2D eigenvalue weighted by Gasteiger charge is 2.09. The van der Waals surface area contributed by atoms with E-state index in [0.29, 0.717) is 12.4 Å². The average molecular weight is 448 g/mol. The lowest BCUT2D eigenvalue weighted by molar-refractivity contribution is 0.462. The van der Waals surface area contributed by atoms with Crippen molar-refractivity contribution < 1.29 is 4.42 Å². The van der Waals surface area contributed by atoms with Gasteiger partial charge in [-0.05, 0) is 38.6 Å². The van der Waals surface area contributed by atoms with Crippen molar-refractivity contribution in [3.8, 4) is 0 Å². The van der Waals surface area contributed by atoms with Gasteiger partial charge in [0.2, 0.25) is 5.89 Å². The average Bonchev–Trinajstić information content (AvgIpc) is 3.11. The molecule has 0 bridgehead atoms. The monoisotopic (exact) mass is 448 g/mol. The van der Waals surface area contributed by atoms with Gasteiger partial charge >= 0.3 is 0 Å². The molecular weight excluding hydrogens is 423 g/mol. The first kappa shape index (κ1) is 20.0. The zero-order valence-corrected chi connectivity index (χ0v) is 17.3. The first-order valence-corrected chi connectivity index (χ1v) is 8.42. The minimum Gasteiger partial charge on any atom is -0.444 e. The Balaban J connectivity index is 0.00000264. The van der Waals surface area contributed by atoms with Crippen molar-refractivity contribution in [1.82, 2.24) is 15.2 Å². The smallest absolute Gasteiger partial charge is 0.216 e. The van der Waals surface area contributed by atoms with Crippen LogP contribution in [-0.2, 0) is 13.0 Å². The van der Waals surface area contributed by atoms with E-state index in [2.05, 4.69) is 51.7 Å². The summed E-state index contributed by atoms with van der Waals surface area (Å²) in [4.78, 5) is 12.5. The van der Waals surface area contributed by atoms with E-state index >= 15 is 0 Å². The van der Waals surface area contributed by atoms with Crippen LogP contribution in [0.2, 0.25) is 0 Å². The molecule has 0 atom stereocenters. The zero-order valence-electron chi connectivity index (χ0n) is 14.1. The molecule has 7 heteroatoms. The number of hydrogen-bond donors (Lipinski definition) is 1. The Kier molecular flexibility index (Phi) is 8.60. The number of aliphatic imine (C=N–C) groups is 1. The van der Waals surface area contributed by atoms with E-state index in [1.165, 1.54) is 4.88 Å². The third-order valence-electron chi connectivity index (χ3n) is 3.41. The molecule has 0 unspecified atom stereocenters. The number of aryl methyl sites for hydroxylation is 2. The second kappa shape index (κ2) is 9.92. The highest BCUT2D eigenvalue weighted by Crippen LogP contribution is 2.11. The van der Waals surface area contributed by atoms with Gasteiger partial charge in [0.05, 0.1) is 5.69 Å². The fourth-order valence-corrected chi connectivity index (χ4v) is 2.76. The van der Waals surface area contributed by atoms with E-state index in [4.69, 9.17) is 4.42 Å². The van der Waals surface area contributed by atoms with E-state index in [0.717, 1.165) is 36.9 Å². The molecule has 0 saturated heterocycles. The number of halogens is 1. The molecule has 2 heterocycles. The van der Waals surface area contributed by atoms with Crippen molar-refractivity contribution in [3.05, 3.63) is 39.7 Å². The van der Waals surface area contributed by atoms with Gasteiger partial charge in [0, 0.05) is 25.0 Å². The number of aromatic nitrogens is 1. The van der Waals surface area contributed by atoms with Gasteiger partial charge in [-0.3, -0.25) is 0 Å². The van der Waals surface area contributed by atoms with Crippen LogP contribution in [0.15, 0.2) is 26.9 Å². The molecule has 0 aliphatic heterocycles. The predicted octanol–water partition coefficient (Wildman–Crippen LogP) is 3.61. The van der Waals surface area contributed by atoms with Gasteiger partial charge in [-0.1, -0.05) is 6.07 Å². The number of thiophene rings is 1. The van der Waals surface area contributed by atoms with E-state index in [1.807, 2.05) is 13.8 Å². The Morgan fingerprint density at radius 3 is 2.78 bits per heavy atom. The van der Waals surface area contributed by atoms with Crippen molar-refractivity contribution in [1.29, 1.82) is 0 Å². The van der Waals surface area contributed by atoms with Crippen LogP contribution in [0.1, 0.15) is 29.1 Å². The third kappa shape index (κ3) is 6.14. The summed E-state index contributed by atoms with van der Waals surface area (Å²) in [6.45, 7) is 8.17. The maximum atomic E-state index is 5.58. The summed E-state index contributed by atoms with van der Waals surface area (Å²) in [6, 6.07) is 4.26. The van der Waals surface area contributed by atoms with Gasteiger partial charge in [-0.2, -0.15) is 0 Å². The number of likely N-dealkylation sites (N-methyl/N-ethyl adjacent to an activating group) is 1. The molecule has 5 nitrogen and oxygen atoms in total. The minimum absolute atomic E-state index is 0. The Hall–Kier alpha value is -1.09.